The molecule has 78 valence electrons. The van der Waals surface area contributed by atoms with Crippen LogP contribution in [0.4, 0.5) is 0 Å². The molecule has 0 aliphatic heterocycles. The zero-order chi connectivity index (χ0) is 10.3. The molecule has 0 radical (unpaired) electrons. The summed E-state index contributed by atoms with van der Waals surface area (Å²) in [6.07, 6.45) is 3.89. The summed E-state index contributed by atoms with van der Waals surface area (Å²) in [6, 6.07) is 3.46. The number of hydrogen-bond acceptors (Lipinski definition) is 5. The maximum atomic E-state index is 5.95. The number of hydrogen-bond donors (Lipinski definition) is 1. The molecule has 0 saturated heterocycles. The molecular weight excluding hydrogens is 194 g/mol. The molecule has 3 rings (SSSR count). The summed E-state index contributed by atoms with van der Waals surface area (Å²) in [5, 5.41) is 3.86. The lowest BCUT2D eigenvalue weighted by Gasteiger charge is -2.01. The maximum Gasteiger partial charge on any atom is 0.293 e. The van der Waals surface area contributed by atoms with E-state index in [4.69, 9.17) is 14.7 Å². The zero-order valence-corrected chi connectivity index (χ0v) is 8.09. The second-order valence-corrected chi connectivity index (χ2v) is 3.80. The van der Waals surface area contributed by atoms with E-state index < -0.39 is 0 Å². The van der Waals surface area contributed by atoms with Crippen LogP contribution < -0.4 is 5.73 Å². The van der Waals surface area contributed by atoms with E-state index in [1.807, 2.05) is 0 Å². The summed E-state index contributed by atoms with van der Waals surface area (Å²) in [5.41, 5.74) is 5.95. The molecule has 1 aliphatic carbocycles. The van der Waals surface area contributed by atoms with Crippen molar-refractivity contribution in [2.75, 3.05) is 0 Å². The van der Waals surface area contributed by atoms with Crippen LogP contribution in [-0.4, -0.2) is 10.1 Å². The first kappa shape index (κ1) is 8.67. The molecule has 1 atom stereocenters. The molecule has 5 heteroatoms. The minimum absolute atomic E-state index is 0.0996. The maximum absolute atomic E-state index is 5.95. The van der Waals surface area contributed by atoms with Crippen molar-refractivity contribution in [3.8, 4) is 11.7 Å². The number of nitrogens with zero attached hydrogens (tertiary/aromatic N) is 2. The van der Waals surface area contributed by atoms with Crippen molar-refractivity contribution in [2.24, 2.45) is 11.7 Å². The Hall–Kier alpha value is -1.62. The fourth-order valence-electron chi connectivity index (χ4n) is 1.54. The summed E-state index contributed by atoms with van der Waals surface area (Å²) >= 11 is 0. The monoisotopic (exact) mass is 205 g/mol. The normalized spacial score (nSPS) is 17.9. The quantitative estimate of drug-likeness (QED) is 0.825. The highest BCUT2D eigenvalue weighted by atomic mass is 16.5. The number of furan rings is 1. The first-order valence-electron chi connectivity index (χ1n) is 4.97. The predicted octanol–water partition coefficient (Wildman–Crippen LogP) is 1.74. The van der Waals surface area contributed by atoms with Crippen molar-refractivity contribution in [1.29, 1.82) is 0 Å². The second kappa shape index (κ2) is 3.20. The lowest BCUT2D eigenvalue weighted by molar-refractivity contribution is 0.400. The van der Waals surface area contributed by atoms with Gasteiger partial charge in [0, 0.05) is 0 Å². The van der Waals surface area contributed by atoms with Crippen LogP contribution >= 0.6 is 0 Å². The minimum atomic E-state index is -0.0996. The van der Waals surface area contributed by atoms with Gasteiger partial charge in [-0.1, -0.05) is 5.16 Å². The van der Waals surface area contributed by atoms with Gasteiger partial charge in [-0.3, -0.25) is 0 Å². The van der Waals surface area contributed by atoms with E-state index in [1.54, 1.807) is 18.4 Å². The Kier molecular flexibility index (Phi) is 1.85. The Morgan fingerprint density at radius 2 is 2.33 bits per heavy atom. The molecular formula is C10H11N3O2. The number of aromatic nitrogens is 2. The van der Waals surface area contributed by atoms with Crippen LogP contribution in [0.5, 0.6) is 0 Å². The van der Waals surface area contributed by atoms with Crippen LogP contribution in [0.25, 0.3) is 11.7 Å². The summed E-state index contributed by atoms with van der Waals surface area (Å²) in [6.45, 7) is 0. The lowest BCUT2D eigenvalue weighted by atomic mass is 10.2. The van der Waals surface area contributed by atoms with Crippen molar-refractivity contribution < 1.29 is 8.94 Å². The van der Waals surface area contributed by atoms with Crippen LogP contribution in [0, 0.1) is 5.92 Å². The topological polar surface area (TPSA) is 78.1 Å². The number of rotatable bonds is 3. The van der Waals surface area contributed by atoms with Gasteiger partial charge in [0.1, 0.15) is 0 Å². The van der Waals surface area contributed by atoms with Gasteiger partial charge in [0.15, 0.2) is 11.6 Å². The molecule has 1 aliphatic rings. The van der Waals surface area contributed by atoms with Crippen molar-refractivity contribution in [3.05, 3.63) is 24.2 Å². The molecule has 1 fully saturated rings. The first-order valence-corrected chi connectivity index (χ1v) is 4.97. The SMILES string of the molecule is NC(c1noc(-c2ccco2)n1)C1CC1. The number of nitrogens with two attached hydrogens (primary N) is 1. The highest BCUT2D eigenvalue weighted by Gasteiger charge is 2.32. The molecule has 2 aromatic heterocycles. The van der Waals surface area contributed by atoms with Gasteiger partial charge in [-0.15, -0.1) is 0 Å². The van der Waals surface area contributed by atoms with Gasteiger partial charge in [-0.25, -0.2) is 0 Å². The van der Waals surface area contributed by atoms with Crippen molar-refractivity contribution in [1.82, 2.24) is 10.1 Å². The standard InChI is InChI=1S/C10H11N3O2/c11-8(6-3-4-6)9-12-10(15-13-9)7-2-1-5-14-7/h1-2,5-6,8H,3-4,11H2. The van der Waals surface area contributed by atoms with E-state index in [0.717, 1.165) is 12.8 Å². The van der Waals surface area contributed by atoms with Crippen LogP contribution in [-0.2, 0) is 0 Å². The van der Waals surface area contributed by atoms with E-state index in [-0.39, 0.29) is 6.04 Å². The fourth-order valence-corrected chi connectivity index (χ4v) is 1.54. The molecule has 0 amide bonds. The Bertz CT molecular complexity index is 445. The van der Waals surface area contributed by atoms with Gasteiger partial charge in [0.25, 0.3) is 5.89 Å². The Morgan fingerprint density at radius 1 is 1.47 bits per heavy atom. The minimum Gasteiger partial charge on any atom is -0.459 e. The van der Waals surface area contributed by atoms with Crippen LogP contribution in [0.3, 0.4) is 0 Å². The average Bonchev–Trinajstić information content (AvgIpc) is 2.80. The highest BCUT2D eigenvalue weighted by molar-refractivity contribution is 5.42. The van der Waals surface area contributed by atoms with E-state index in [9.17, 15) is 0 Å². The van der Waals surface area contributed by atoms with E-state index in [2.05, 4.69) is 10.1 Å². The summed E-state index contributed by atoms with van der Waals surface area (Å²) < 4.78 is 10.2. The molecule has 2 aromatic rings. The van der Waals surface area contributed by atoms with Gasteiger partial charge in [0.2, 0.25) is 0 Å². The first-order chi connectivity index (χ1) is 7.34. The van der Waals surface area contributed by atoms with Crippen molar-refractivity contribution >= 4 is 0 Å². The summed E-state index contributed by atoms with van der Waals surface area (Å²) in [5.74, 6) is 2.07. The summed E-state index contributed by atoms with van der Waals surface area (Å²) in [4.78, 5) is 4.22. The third-order valence-electron chi connectivity index (χ3n) is 2.60. The Morgan fingerprint density at radius 3 is 3.00 bits per heavy atom. The predicted molar refractivity (Wildman–Crippen MR) is 51.7 cm³/mol. The van der Waals surface area contributed by atoms with Gasteiger partial charge in [-0.05, 0) is 30.9 Å². The molecule has 1 saturated carbocycles. The van der Waals surface area contributed by atoms with Crippen LogP contribution in [0.2, 0.25) is 0 Å². The molecule has 0 spiro atoms. The lowest BCUT2D eigenvalue weighted by Crippen LogP contribution is -2.13. The average molecular weight is 205 g/mol. The highest BCUT2D eigenvalue weighted by Crippen LogP contribution is 2.38. The second-order valence-electron chi connectivity index (χ2n) is 3.80. The largest absolute Gasteiger partial charge is 0.459 e. The third-order valence-corrected chi connectivity index (χ3v) is 2.60. The molecule has 0 bridgehead atoms. The third kappa shape index (κ3) is 1.55. The van der Waals surface area contributed by atoms with Crippen LogP contribution in [0.15, 0.2) is 27.3 Å². The Labute approximate surface area is 86.3 Å². The van der Waals surface area contributed by atoms with E-state index in [0.29, 0.717) is 23.4 Å². The summed E-state index contributed by atoms with van der Waals surface area (Å²) in [7, 11) is 0. The van der Waals surface area contributed by atoms with Crippen LogP contribution in [0.1, 0.15) is 24.7 Å². The van der Waals surface area contributed by atoms with Crippen molar-refractivity contribution in [2.45, 2.75) is 18.9 Å². The zero-order valence-electron chi connectivity index (χ0n) is 8.09. The van der Waals surface area contributed by atoms with Gasteiger partial charge >= 0.3 is 0 Å². The van der Waals surface area contributed by atoms with Crippen molar-refractivity contribution in [3.63, 3.8) is 0 Å². The molecule has 5 nitrogen and oxygen atoms in total. The van der Waals surface area contributed by atoms with Gasteiger partial charge < -0.3 is 14.7 Å². The van der Waals surface area contributed by atoms with E-state index in [1.165, 1.54) is 0 Å². The van der Waals surface area contributed by atoms with Gasteiger partial charge in [0.05, 0.1) is 12.3 Å². The molecule has 15 heavy (non-hydrogen) atoms. The molecule has 0 aromatic carbocycles. The molecule has 2 N–H and O–H groups in total. The van der Waals surface area contributed by atoms with E-state index >= 15 is 0 Å². The molecule has 2 heterocycles. The molecule has 1 unspecified atom stereocenters. The smallest absolute Gasteiger partial charge is 0.293 e. The fraction of sp³-hybridized carbons (Fsp3) is 0.400. The van der Waals surface area contributed by atoms with Gasteiger partial charge in [-0.2, -0.15) is 4.98 Å². The Balaban J connectivity index is 1.87.